The first-order valence-electron chi connectivity index (χ1n) is 8.39. The van der Waals surface area contributed by atoms with E-state index in [-0.39, 0.29) is 8.37 Å². The topological polar surface area (TPSA) is 9.72 Å². The van der Waals surface area contributed by atoms with Gasteiger partial charge in [-0.15, -0.1) is 0 Å². The molecule has 1 heterocycles. The summed E-state index contributed by atoms with van der Waals surface area (Å²) in [6, 6.07) is 0. The Morgan fingerprint density at radius 2 is 1.20 bits per heavy atom. The van der Waals surface area contributed by atoms with Crippen molar-refractivity contribution in [3.05, 3.63) is 11.4 Å². The molecule has 4 heteroatoms. The Morgan fingerprint density at radius 3 is 1.50 bits per heavy atom. The van der Waals surface area contributed by atoms with Crippen LogP contribution in [0, 0.1) is 0 Å². The highest BCUT2D eigenvalue weighted by atomic mass is 31.2. The molecule has 0 saturated heterocycles. The fourth-order valence-corrected chi connectivity index (χ4v) is 5.53. The summed E-state index contributed by atoms with van der Waals surface area (Å²) in [6.07, 6.45) is 5.15. The predicted octanol–water partition coefficient (Wildman–Crippen LogP) is 5.02. The van der Waals surface area contributed by atoms with Crippen LogP contribution in [0.3, 0.4) is 0 Å². The minimum Gasteiger partial charge on any atom is -0.324 e. The zero-order chi connectivity index (χ0) is 15.1. The van der Waals surface area contributed by atoms with Gasteiger partial charge in [-0.2, -0.15) is 0 Å². The third kappa shape index (κ3) is 3.89. The van der Waals surface area contributed by atoms with Gasteiger partial charge in [-0.1, -0.05) is 40.5 Å². The molecule has 1 aliphatic rings. The highest BCUT2D eigenvalue weighted by Crippen LogP contribution is 2.57. The third-order valence-corrected chi connectivity index (χ3v) is 7.10. The Kier molecular flexibility index (Phi) is 7.91. The quantitative estimate of drug-likeness (QED) is 0.553. The van der Waals surface area contributed by atoms with E-state index in [0.29, 0.717) is 0 Å². The molecule has 0 radical (unpaired) electrons. The van der Waals surface area contributed by atoms with Gasteiger partial charge in [0.25, 0.3) is 0 Å². The van der Waals surface area contributed by atoms with Gasteiger partial charge < -0.3 is 9.34 Å². The van der Waals surface area contributed by atoms with Gasteiger partial charge in [0.2, 0.25) is 0 Å². The average Bonchev–Trinajstić information content (AvgIpc) is 2.69. The molecule has 0 spiro atoms. The van der Waals surface area contributed by atoms with E-state index in [2.05, 4.69) is 55.6 Å². The largest absolute Gasteiger partial charge is 0.324 e. The second kappa shape index (κ2) is 8.89. The van der Waals surface area contributed by atoms with Crippen LogP contribution in [0.2, 0.25) is 0 Å². The lowest BCUT2D eigenvalue weighted by Crippen LogP contribution is -2.32. The molecule has 1 rings (SSSR count). The SMILES string of the molecule is CCCCN1C(C)=C(C)N(CCCC)P1N(CC)CC. The van der Waals surface area contributed by atoms with Crippen molar-refractivity contribution < 1.29 is 0 Å². The summed E-state index contributed by atoms with van der Waals surface area (Å²) in [6.45, 7) is 18.5. The lowest BCUT2D eigenvalue weighted by molar-refractivity contribution is 0.408. The van der Waals surface area contributed by atoms with Crippen LogP contribution >= 0.6 is 8.37 Å². The summed E-state index contributed by atoms with van der Waals surface area (Å²) < 4.78 is 8.04. The smallest absolute Gasteiger partial charge is 0.178 e. The molecule has 0 aliphatic carbocycles. The van der Waals surface area contributed by atoms with Crippen molar-refractivity contribution in [2.75, 3.05) is 26.2 Å². The maximum atomic E-state index is 2.69. The summed E-state index contributed by atoms with van der Waals surface area (Å²) in [4.78, 5) is 0. The van der Waals surface area contributed by atoms with Crippen molar-refractivity contribution in [1.82, 2.24) is 14.0 Å². The normalized spacial score (nSPS) is 16.9. The highest BCUT2D eigenvalue weighted by Gasteiger charge is 2.37. The fraction of sp³-hybridized carbons (Fsp3) is 0.875. The summed E-state index contributed by atoms with van der Waals surface area (Å²) >= 11 is 0. The molecule has 0 N–H and O–H groups in total. The van der Waals surface area contributed by atoms with E-state index in [0.717, 1.165) is 13.1 Å². The van der Waals surface area contributed by atoms with Crippen LogP contribution in [0.1, 0.15) is 67.2 Å². The van der Waals surface area contributed by atoms with Crippen molar-refractivity contribution in [1.29, 1.82) is 0 Å². The summed E-state index contributed by atoms with van der Waals surface area (Å²) in [5.41, 5.74) is 3.01. The van der Waals surface area contributed by atoms with E-state index >= 15 is 0 Å². The molecule has 3 nitrogen and oxygen atoms in total. The first kappa shape index (κ1) is 17.8. The van der Waals surface area contributed by atoms with Gasteiger partial charge in [0.15, 0.2) is 8.37 Å². The average molecular weight is 299 g/mol. The van der Waals surface area contributed by atoms with Crippen molar-refractivity contribution >= 4 is 8.37 Å². The number of rotatable bonds is 9. The van der Waals surface area contributed by atoms with E-state index in [4.69, 9.17) is 0 Å². The molecule has 0 atom stereocenters. The second-order valence-electron chi connectivity index (χ2n) is 5.53. The van der Waals surface area contributed by atoms with E-state index < -0.39 is 0 Å². The monoisotopic (exact) mass is 299 g/mol. The van der Waals surface area contributed by atoms with Crippen molar-refractivity contribution in [2.45, 2.75) is 67.2 Å². The first-order chi connectivity index (χ1) is 9.62. The maximum Gasteiger partial charge on any atom is 0.178 e. The van der Waals surface area contributed by atoms with Crippen molar-refractivity contribution in [3.8, 4) is 0 Å². The Bertz CT molecular complexity index is 289. The lowest BCUT2D eigenvalue weighted by atomic mass is 10.3. The van der Waals surface area contributed by atoms with Crippen LogP contribution in [0.15, 0.2) is 11.4 Å². The Morgan fingerprint density at radius 1 is 0.800 bits per heavy atom. The predicted molar refractivity (Wildman–Crippen MR) is 91.4 cm³/mol. The molecule has 1 aliphatic heterocycles. The number of unbranched alkanes of at least 4 members (excludes halogenated alkanes) is 2. The van der Waals surface area contributed by atoms with Gasteiger partial charge in [0.1, 0.15) is 0 Å². The van der Waals surface area contributed by atoms with Crippen LogP contribution in [-0.4, -0.2) is 40.2 Å². The molecule has 20 heavy (non-hydrogen) atoms. The van der Waals surface area contributed by atoms with Gasteiger partial charge >= 0.3 is 0 Å². The summed E-state index contributed by atoms with van der Waals surface area (Å²) in [5, 5.41) is 0. The van der Waals surface area contributed by atoms with Crippen LogP contribution < -0.4 is 0 Å². The van der Waals surface area contributed by atoms with Crippen LogP contribution in [0.4, 0.5) is 0 Å². The minimum atomic E-state index is -0.312. The van der Waals surface area contributed by atoms with E-state index in [1.54, 1.807) is 0 Å². The van der Waals surface area contributed by atoms with Crippen LogP contribution in [-0.2, 0) is 0 Å². The van der Waals surface area contributed by atoms with Gasteiger partial charge in [0, 0.05) is 37.6 Å². The van der Waals surface area contributed by atoms with Crippen LogP contribution in [0.5, 0.6) is 0 Å². The van der Waals surface area contributed by atoms with Crippen LogP contribution in [0.25, 0.3) is 0 Å². The number of hydrogen-bond acceptors (Lipinski definition) is 3. The molecule has 0 bridgehead atoms. The van der Waals surface area contributed by atoms with Crippen molar-refractivity contribution in [2.24, 2.45) is 0 Å². The Labute approximate surface area is 127 Å². The number of nitrogens with zero attached hydrogens (tertiary/aromatic N) is 3. The third-order valence-electron chi connectivity index (χ3n) is 4.16. The second-order valence-corrected chi connectivity index (χ2v) is 7.60. The first-order valence-corrected chi connectivity index (χ1v) is 9.59. The lowest BCUT2D eigenvalue weighted by Gasteiger charge is -2.40. The molecule has 0 aromatic carbocycles. The minimum absolute atomic E-state index is 0.312. The zero-order valence-corrected chi connectivity index (χ0v) is 15.3. The molecule has 0 fully saturated rings. The van der Waals surface area contributed by atoms with E-state index in [9.17, 15) is 0 Å². The van der Waals surface area contributed by atoms with E-state index in [1.807, 2.05) is 0 Å². The number of allylic oxidation sites excluding steroid dienone is 2. The summed E-state index contributed by atoms with van der Waals surface area (Å²) in [5.74, 6) is 0. The van der Waals surface area contributed by atoms with Gasteiger partial charge in [0.05, 0.1) is 0 Å². The molecule has 0 unspecified atom stereocenters. The highest BCUT2D eigenvalue weighted by molar-refractivity contribution is 7.50. The Hall–Kier alpha value is -0.270. The molecular formula is C16H34N3P. The van der Waals surface area contributed by atoms with E-state index in [1.165, 1.54) is 50.2 Å². The maximum absolute atomic E-state index is 2.69. The zero-order valence-electron chi connectivity index (χ0n) is 14.4. The summed E-state index contributed by atoms with van der Waals surface area (Å²) in [7, 11) is -0.312. The molecule has 0 aromatic rings. The fourth-order valence-electron chi connectivity index (χ4n) is 2.68. The van der Waals surface area contributed by atoms with Gasteiger partial charge in [-0.05, 0) is 26.7 Å². The molecule has 0 aromatic heterocycles. The standard InChI is InChI=1S/C16H34N3P/c1-7-11-13-18-15(5)16(6)19(14-12-8-2)20(18)17(9-3)10-4/h7-14H2,1-6H3. The molecule has 0 amide bonds. The molecular weight excluding hydrogens is 265 g/mol. The van der Waals surface area contributed by atoms with Gasteiger partial charge in [-0.3, -0.25) is 0 Å². The number of hydrogen-bond donors (Lipinski definition) is 0. The van der Waals surface area contributed by atoms with Gasteiger partial charge in [-0.25, -0.2) is 4.67 Å². The Balaban J connectivity index is 2.94. The van der Waals surface area contributed by atoms with Crippen molar-refractivity contribution in [3.63, 3.8) is 0 Å². The molecule has 0 saturated carbocycles. The molecule has 118 valence electrons.